The van der Waals surface area contributed by atoms with Gasteiger partial charge in [-0.25, -0.2) is 13.1 Å². The molecular formula is C18H20N2O3S. The molecule has 0 bridgehead atoms. The van der Waals surface area contributed by atoms with Crippen molar-refractivity contribution in [2.45, 2.75) is 24.7 Å². The highest BCUT2D eigenvalue weighted by Crippen LogP contribution is 2.28. The van der Waals surface area contributed by atoms with Crippen LogP contribution < -0.4 is 9.62 Å². The molecule has 24 heavy (non-hydrogen) atoms. The van der Waals surface area contributed by atoms with Crippen LogP contribution in [0.15, 0.2) is 47.4 Å². The summed E-state index contributed by atoms with van der Waals surface area (Å²) >= 11 is 0. The van der Waals surface area contributed by atoms with E-state index in [1.165, 1.54) is 0 Å². The van der Waals surface area contributed by atoms with Crippen molar-refractivity contribution in [2.75, 3.05) is 18.5 Å². The maximum absolute atomic E-state index is 12.2. The average molecular weight is 344 g/mol. The fraction of sp³-hybridized carbons (Fsp3) is 0.278. The quantitative estimate of drug-likeness (QED) is 0.902. The lowest BCUT2D eigenvalue weighted by Gasteiger charge is -2.11. The number of hydrogen-bond acceptors (Lipinski definition) is 3. The van der Waals surface area contributed by atoms with Crippen molar-refractivity contribution in [3.05, 3.63) is 59.2 Å². The third-order valence-electron chi connectivity index (χ3n) is 4.26. The van der Waals surface area contributed by atoms with Crippen molar-refractivity contribution in [3.63, 3.8) is 0 Å². The van der Waals surface area contributed by atoms with Crippen LogP contribution in [0.25, 0.3) is 0 Å². The molecule has 1 aliphatic heterocycles. The molecular weight excluding hydrogens is 324 g/mol. The molecule has 1 N–H and O–H groups in total. The number of likely N-dealkylation sites (N-methyl/N-ethyl adjacent to an activating group) is 1. The Labute approximate surface area is 142 Å². The van der Waals surface area contributed by atoms with Crippen molar-refractivity contribution in [3.8, 4) is 0 Å². The highest BCUT2D eigenvalue weighted by molar-refractivity contribution is 7.89. The van der Waals surface area contributed by atoms with E-state index in [0.29, 0.717) is 19.4 Å². The van der Waals surface area contributed by atoms with Crippen LogP contribution in [0.3, 0.4) is 0 Å². The van der Waals surface area contributed by atoms with Crippen LogP contribution in [0, 0.1) is 6.92 Å². The number of anilines is 1. The number of nitrogens with one attached hydrogen (secondary N) is 1. The number of nitrogens with zero attached hydrogens (tertiary/aromatic N) is 1. The molecule has 0 saturated carbocycles. The van der Waals surface area contributed by atoms with Gasteiger partial charge in [0.25, 0.3) is 0 Å². The van der Waals surface area contributed by atoms with Gasteiger partial charge >= 0.3 is 0 Å². The zero-order chi connectivity index (χ0) is 17.3. The lowest BCUT2D eigenvalue weighted by molar-refractivity contribution is -0.117. The number of carbonyl (C=O) groups is 1. The van der Waals surface area contributed by atoms with Crippen LogP contribution in [0.4, 0.5) is 5.69 Å². The van der Waals surface area contributed by atoms with Crippen molar-refractivity contribution in [2.24, 2.45) is 0 Å². The summed E-state index contributed by atoms with van der Waals surface area (Å²) in [6.07, 6.45) is 0.991. The van der Waals surface area contributed by atoms with E-state index >= 15 is 0 Å². The molecule has 0 radical (unpaired) electrons. The molecule has 0 fully saturated rings. The summed E-state index contributed by atoms with van der Waals surface area (Å²) in [7, 11) is -1.72. The van der Waals surface area contributed by atoms with Gasteiger partial charge in [-0.3, -0.25) is 4.79 Å². The van der Waals surface area contributed by atoms with E-state index in [4.69, 9.17) is 0 Å². The highest BCUT2D eigenvalue weighted by Gasteiger charge is 2.23. The van der Waals surface area contributed by atoms with Crippen LogP contribution in [0.5, 0.6) is 0 Å². The summed E-state index contributed by atoms with van der Waals surface area (Å²) in [5, 5.41) is 0. The molecule has 5 nitrogen and oxygen atoms in total. The molecule has 3 rings (SSSR count). The molecule has 0 saturated heterocycles. The summed E-state index contributed by atoms with van der Waals surface area (Å²) in [5.74, 6) is 0.0854. The molecule has 0 unspecified atom stereocenters. The Morgan fingerprint density at radius 1 is 1.12 bits per heavy atom. The first-order valence-electron chi connectivity index (χ1n) is 7.81. The molecule has 2 aromatic rings. The van der Waals surface area contributed by atoms with Gasteiger partial charge in [-0.15, -0.1) is 0 Å². The molecule has 0 aromatic heterocycles. The predicted octanol–water partition coefficient (Wildman–Crippen LogP) is 2.03. The van der Waals surface area contributed by atoms with Crippen LogP contribution in [-0.2, 0) is 27.7 Å². The van der Waals surface area contributed by atoms with Crippen molar-refractivity contribution in [1.82, 2.24) is 4.72 Å². The van der Waals surface area contributed by atoms with E-state index in [2.05, 4.69) is 4.72 Å². The third kappa shape index (κ3) is 3.34. The first-order chi connectivity index (χ1) is 11.4. The Hall–Kier alpha value is -2.18. The monoisotopic (exact) mass is 344 g/mol. The second-order valence-corrected chi connectivity index (χ2v) is 7.82. The fourth-order valence-corrected chi connectivity index (χ4v) is 3.84. The highest BCUT2D eigenvalue weighted by atomic mass is 32.2. The van der Waals surface area contributed by atoms with Gasteiger partial charge in [0.15, 0.2) is 0 Å². The number of aryl methyl sites for hydroxylation is 1. The lowest BCUT2D eigenvalue weighted by atomic mass is 10.1. The van der Waals surface area contributed by atoms with Gasteiger partial charge in [-0.05, 0) is 42.7 Å². The van der Waals surface area contributed by atoms with Gasteiger partial charge in [-0.1, -0.05) is 29.8 Å². The standard InChI is InChI=1S/C18H20N2O3S/c1-13-3-6-16(7-4-13)24(22,23)19-10-9-14-5-8-17-15(11-14)12-18(21)20(17)2/h3-8,11,19H,9-10,12H2,1-2H3. The summed E-state index contributed by atoms with van der Waals surface area (Å²) in [6, 6.07) is 12.6. The maximum atomic E-state index is 12.2. The van der Waals surface area contributed by atoms with Crippen molar-refractivity contribution >= 4 is 21.6 Å². The van der Waals surface area contributed by atoms with Gasteiger partial charge in [0.05, 0.1) is 11.3 Å². The van der Waals surface area contributed by atoms with Crippen molar-refractivity contribution < 1.29 is 13.2 Å². The number of hydrogen-bond donors (Lipinski definition) is 1. The molecule has 0 spiro atoms. The zero-order valence-electron chi connectivity index (χ0n) is 13.7. The number of sulfonamides is 1. The average Bonchev–Trinajstić information content (AvgIpc) is 2.82. The fourth-order valence-electron chi connectivity index (χ4n) is 2.81. The van der Waals surface area contributed by atoms with Gasteiger partial charge in [-0.2, -0.15) is 0 Å². The first-order valence-corrected chi connectivity index (χ1v) is 9.30. The van der Waals surface area contributed by atoms with Crippen LogP contribution in [0.2, 0.25) is 0 Å². The van der Waals surface area contributed by atoms with Gasteiger partial charge in [0.2, 0.25) is 15.9 Å². The van der Waals surface area contributed by atoms with E-state index in [9.17, 15) is 13.2 Å². The normalized spacial score (nSPS) is 14.1. The lowest BCUT2D eigenvalue weighted by Crippen LogP contribution is -2.26. The maximum Gasteiger partial charge on any atom is 0.240 e. The molecule has 1 amide bonds. The topological polar surface area (TPSA) is 66.5 Å². The summed E-state index contributed by atoms with van der Waals surface area (Å²) in [4.78, 5) is 13.6. The van der Waals surface area contributed by atoms with E-state index in [-0.39, 0.29) is 10.8 Å². The minimum Gasteiger partial charge on any atom is -0.315 e. The SMILES string of the molecule is Cc1ccc(S(=O)(=O)NCCc2ccc3c(c2)CC(=O)N3C)cc1. The Bertz CT molecular complexity index is 874. The molecule has 6 heteroatoms. The predicted molar refractivity (Wildman–Crippen MR) is 93.6 cm³/mol. The second-order valence-electron chi connectivity index (χ2n) is 6.05. The van der Waals surface area contributed by atoms with Gasteiger partial charge in [0, 0.05) is 19.3 Å². The molecule has 126 valence electrons. The van der Waals surface area contributed by atoms with Gasteiger partial charge in [0.1, 0.15) is 0 Å². The van der Waals surface area contributed by atoms with Crippen LogP contribution >= 0.6 is 0 Å². The third-order valence-corrected chi connectivity index (χ3v) is 5.74. The Balaban J connectivity index is 1.64. The number of fused-ring (bicyclic) bond motifs is 1. The molecule has 1 heterocycles. The van der Waals surface area contributed by atoms with E-state index in [1.807, 2.05) is 25.1 Å². The zero-order valence-corrected chi connectivity index (χ0v) is 14.6. The Kier molecular flexibility index (Phi) is 4.43. The van der Waals surface area contributed by atoms with Crippen LogP contribution in [-0.4, -0.2) is 27.9 Å². The van der Waals surface area contributed by atoms with Crippen molar-refractivity contribution in [1.29, 1.82) is 0 Å². The smallest absolute Gasteiger partial charge is 0.240 e. The van der Waals surface area contributed by atoms with Gasteiger partial charge < -0.3 is 4.90 Å². The number of benzene rings is 2. The Morgan fingerprint density at radius 3 is 2.54 bits per heavy atom. The number of rotatable bonds is 5. The van der Waals surface area contributed by atoms with Crippen LogP contribution in [0.1, 0.15) is 16.7 Å². The van der Waals surface area contributed by atoms with E-state index < -0.39 is 10.0 Å². The van der Waals surface area contributed by atoms with E-state index in [1.54, 1.807) is 36.2 Å². The summed E-state index contributed by atoms with van der Waals surface area (Å²) < 4.78 is 27.1. The molecule has 0 atom stereocenters. The number of amides is 1. The first kappa shape index (κ1) is 16.7. The minimum atomic E-state index is -3.49. The summed E-state index contributed by atoms with van der Waals surface area (Å²) in [6.45, 7) is 2.23. The summed E-state index contributed by atoms with van der Waals surface area (Å²) in [5.41, 5.74) is 3.97. The van der Waals surface area contributed by atoms with E-state index in [0.717, 1.165) is 22.4 Å². The Morgan fingerprint density at radius 2 is 1.83 bits per heavy atom. The number of carbonyl (C=O) groups excluding carboxylic acids is 1. The second kappa shape index (κ2) is 6.37. The molecule has 1 aliphatic rings. The molecule has 2 aromatic carbocycles. The minimum absolute atomic E-state index is 0.0854. The molecule has 0 aliphatic carbocycles. The largest absolute Gasteiger partial charge is 0.315 e.